The van der Waals surface area contributed by atoms with Crippen molar-refractivity contribution in [1.29, 1.82) is 0 Å². The van der Waals surface area contributed by atoms with Crippen molar-refractivity contribution >= 4 is 6.29 Å². The Hall–Kier alpha value is -1.05. The maximum absolute atomic E-state index is 9.40. The molecule has 0 atom stereocenters. The molecule has 0 fully saturated rings. The van der Waals surface area contributed by atoms with Crippen molar-refractivity contribution in [1.82, 2.24) is 0 Å². The summed E-state index contributed by atoms with van der Waals surface area (Å²) in [5, 5.41) is 0. The van der Waals surface area contributed by atoms with Crippen LogP contribution in [-0.4, -0.2) is 6.29 Å². The fourth-order valence-electron chi connectivity index (χ4n) is 0.345. The Balaban J connectivity index is 0.000000162. The number of furan rings is 1. The molecule has 1 rings (SSSR count). The second-order valence-electron chi connectivity index (χ2n) is 1.75. The zero-order chi connectivity index (χ0) is 7.66. The minimum atomic E-state index is 0.708. The SMILES string of the molecule is CCCC=O.c1ccoc1. The van der Waals surface area contributed by atoms with Crippen LogP contribution in [-0.2, 0) is 4.79 Å². The quantitative estimate of drug-likeness (QED) is 0.590. The van der Waals surface area contributed by atoms with E-state index in [1.165, 1.54) is 0 Å². The topological polar surface area (TPSA) is 30.2 Å². The van der Waals surface area contributed by atoms with E-state index in [1.807, 2.05) is 19.1 Å². The van der Waals surface area contributed by atoms with Gasteiger partial charge >= 0.3 is 0 Å². The van der Waals surface area contributed by atoms with Gasteiger partial charge in [0.2, 0.25) is 0 Å². The Morgan fingerprint density at radius 3 is 2.10 bits per heavy atom. The van der Waals surface area contributed by atoms with Crippen molar-refractivity contribution < 1.29 is 9.21 Å². The van der Waals surface area contributed by atoms with Crippen molar-refractivity contribution in [3.05, 3.63) is 24.7 Å². The molecule has 0 radical (unpaired) electrons. The molecule has 0 aliphatic rings. The molecule has 2 nitrogen and oxygen atoms in total. The van der Waals surface area contributed by atoms with Crippen LogP contribution in [0.4, 0.5) is 0 Å². The number of aldehydes is 1. The van der Waals surface area contributed by atoms with Crippen LogP contribution in [0, 0.1) is 0 Å². The molecule has 0 spiro atoms. The van der Waals surface area contributed by atoms with Gasteiger partial charge in [0.05, 0.1) is 12.5 Å². The summed E-state index contributed by atoms with van der Waals surface area (Å²) in [5.41, 5.74) is 0. The minimum Gasteiger partial charge on any atom is -0.473 e. The number of unbranched alkanes of at least 4 members (excludes halogenated alkanes) is 1. The lowest BCUT2D eigenvalue weighted by Gasteiger charge is -1.68. The molecule has 1 aromatic heterocycles. The smallest absolute Gasteiger partial charge is 0.119 e. The number of hydrogen-bond acceptors (Lipinski definition) is 2. The lowest BCUT2D eigenvalue weighted by atomic mass is 10.4. The highest BCUT2D eigenvalue weighted by Gasteiger charge is 1.66. The van der Waals surface area contributed by atoms with Gasteiger partial charge in [-0.15, -0.1) is 0 Å². The third kappa shape index (κ3) is 6.95. The van der Waals surface area contributed by atoms with E-state index >= 15 is 0 Å². The zero-order valence-electron chi connectivity index (χ0n) is 6.12. The van der Waals surface area contributed by atoms with E-state index in [9.17, 15) is 4.79 Å². The molecule has 0 N–H and O–H groups in total. The minimum absolute atomic E-state index is 0.708. The van der Waals surface area contributed by atoms with Crippen LogP contribution in [0.5, 0.6) is 0 Å². The first-order valence-corrected chi connectivity index (χ1v) is 3.32. The van der Waals surface area contributed by atoms with Crippen molar-refractivity contribution in [2.75, 3.05) is 0 Å². The second kappa shape index (κ2) is 7.95. The van der Waals surface area contributed by atoms with Gasteiger partial charge in [-0.1, -0.05) is 6.92 Å². The van der Waals surface area contributed by atoms with Crippen LogP contribution in [0.1, 0.15) is 19.8 Å². The average Bonchev–Trinajstić information content (AvgIpc) is 2.44. The molecule has 0 saturated carbocycles. The third-order valence-electron chi connectivity index (χ3n) is 0.832. The monoisotopic (exact) mass is 140 g/mol. The van der Waals surface area contributed by atoms with Crippen LogP contribution >= 0.6 is 0 Å². The summed E-state index contributed by atoms with van der Waals surface area (Å²) in [6, 6.07) is 3.67. The van der Waals surface area contributed by atoms with E-state index in [1.54, 1.807) is 12.5 Å². The van der Waals surface area contributed by atoms with Crippen LogP contribution in [0.2, 0.25) is 0 Å². The predicted molar refractivity (Wildman–Crippen MR) is 39.7 cm³/mol. The molecule has 2 heteroatoms. The van der Waals surface area contributed by atoms with Gasteiger partial charge < -0.3 is 9.21 Å². The average molecular weight is 140 g/mol. The molecule has 56 valence electrons. The summed E-state index contributed by atoms with van der Waals surface area (Å²) in [4.78, 5) is 9.40. The second-order valence-corrected chi connectivity index (χ2v) is 1.75. The highest BCUT2D eigenvalue weighted by molar-refractivity contribution is 5.48. The first kappa shape index (κ1) is 8.95. The number of hydrogen-bond donors (Lipinski definition) is 0. The van der Waals surface area contributed by atoms with Crippen molar-refractivity contribution in [3.8, 4) is 0 Å². The standard InChI is InChI=1S/C4H4O.C4H8O/c1-2-4-5-3-1;1-2-3-4-5/h1-4H;4H,2-3H2,1H3. The fourth-order valence-corrected chi connectivity index (χ4v) is 0.345. The summed E-state index contributed by atoms with van der Waals surface area (Å²) in [7, 11) is 0. The van der Waals surface area contributed by atoms with E-state index < -0.39 is 0 Å². The van der Waals surface area contributed by atoms with Gasteiger partial charge in [0.15, 0.2) is 0 Å². The van der Waals surface area contributed by atoms with Gasteiger partial charge in [-0.25, -0.2) is 0 Å². The number of carbonyl (C=O) groups excluding carboxylic acids is 1. The maximum atomic E-state index is 9.40. The van der Waals surface area contributed by atoms with Crippen LogP contribution in [0.15, 0.2) is 29.1 Å². The zero-order valence-corrected chi connectivity index (χ0v) is 6.12. The lowest BCUT2D eigenvalue weighted by molar-refractivity contribution is -0.107. The molecule has 1 aromatic rings. The first-order valence-electron chi connectivity index (χ1n) is 3.32. The summed E-state index contributed by atoms with van der Waals surface area (Å²) in [6.07, 6.45) is 5.86. The normalized spacial score (nSPS) is 7.70. The molecule has 10 heavy (non-hydrogen) atoms. The maximum Gasteiger partial charge on any atom is 0.119 e. The number of carbonyl (C=O) groups is 1. The molecule has 0 aliphatic carbocycles. The molecule has 0 aromatic carbocycles. The van der Waals surface area contributed by atoms with E-state index in [4.69, 9.17) is 0 Å². The third-order valence-corrected chi connectivity index (χ3v) is 0.832. The van der Waals surface area contributed by atoms with Crippen LogP contribution < -0.4 is 0 Å². The predicted octanol–water partition coefficient (Wildman–Crippen LogP) is 2.27. The van der Waals surface area contributed by atoms with Crippen LogP contribution in [0.3, 0.4) is 0 Å². The Morgan fingerprint density at radius 1 is 1.40 bits per heavy atom. The van der Waals surface area contributed by atoms with E-state index in [0.717, 1.165) is 12.7 Å². The van der Waals surface area contributed by atoms with Crippen molar-refractivity contribution in [2.24, 2.45) is 0 Å². The highest BCUT2D eigenvalue weighted by atomic mass is 16.3. The lowest BCUT2D eigenvalue weighted by Crippen LogP contribution is -1.64. The van der Waals surface area contributed by atoms with Crippen molar-refractivity contribution in [2.45, 2.75) is 19.8 Å². The van der Waals surface area contributed by atoms with Gasteiger partial charge in [0, 0.05) is 6.42 Å². The molecular formula is C8H12O2. The van der Waals surface area contributed by atoms with Crippen molar-refractivity contribution in [3.63, 3.8) is 0 Å². The Bertz CT molecular complexity index is 116. The summed E-state index contributed by atoms with van der Waals surface area (Å²) >= 11 is 0. The van der Waals surface area contributed by atoms with Gasteiger partial charge in [0.25, 0.3) is 0 Å². The number of rotatable bonds is 2. The highest BCUT2D eigenvalue weighted by Crippen LogP contribution is 1.79. The van der Waals surface area contributed by atoms with E-state index in [2.05, 4.69) is 4.42 Å². The molecule has 0 saturated heterocycles. The van der Waals surface area contributed by atoms with Gasteiger partial charge in [-0.2, -0.15) is 0 Å². The fraction of sp³-hybridized carbons (Fsp3) is 0.375. The Labute approximate surface area is 60.9 Å². The van der Waals surface area contributed by atoms with Gasteiger partial charge in [-0.05, 0) is 18.6 Å². The Kier molecular flexibility index (Phi) is 7.12. The Morgan fingerprint density at radius 2 is 2.00 bits per heavy atom. The largest absolute Gasteiger partial charge is 0.473 e. The van der Waals surface area contributed by atoms with Gasteiger partial charge in [-0.3, -0.25) is 0 Å². The molecule has 0 aliphatic heterocycles. The summed E-state index contributed by atoms with van der Waals surface area (Å²) < 4.78 is 4.58. The molecule has 1 heterocycles. The summed E-state index contributed by atoms with van der Waals surface area (Å²) in [5.74, 6) is 0. The van der Waals surface area contributed by atoms with E-state index in [0.29, 0.717) is 6.42 Å². The van der Waals surface area contributed by atoms with Gasteiger partial charge in [0.1, 0.15) is 6.29 Å². The van der Waals surface area contributed by atoms with Crippen LogP contribution in [0.25, 0.3) is 0 Å². The molecule has 0 amide bonds. The molecule has 0 unspecified atom stereocenters. The summed E-state index contributed by atoms with van der Waals surface area (Å²) in [6.45, 7) is 1.98. The molecular weight excluding hydrogens is 128 g/mol. The molecule has 0 bridgehead atoms. The van der Waals surface area contributed by atoms with E-state index in [-0.39, 0.29) is 0 Å². The first-order chi connectivity index (χ1) is 4.91.